The maximum absolute atomic E-state index is 12.0. The monoisotopic (exact) mass is 398 g/mol. The zero-order chi connectivity index (χ0) is 20.0. The van der Waals surface area contributed by atoms with Gasteiger partial charge in [0.05, 0.1) is 6.61 Å². The largest absolute Gasteiger partial charge is 0.469 e. The lowest BCUT2D eigenvalue weighted by atomic mass is 10.0. The maximum Gasteiger partial charge on any atom is 0.469 e. The van der Waals surface area contributed by atoms with E-state index in [9.17, 15) is 14.2 Å². The Balaban J connectivity index is 1.90. The molecule has 1 rings (SSSR count). The molecule has 0 atom stereocenters. The second-order valence-corrected chi connectivity index (χ2v) is 8.01. The summed E-state index contributed by atoms with van der Waals surface area (Å²) in [7, 11) is -4.31. The first-order chi connectivity index (χ1) is 12.9. The van der Waals surface area contributed by atoms with Gasteiger partial charge in [-0.15, -0.1) is 0 Å². The van der Waals surface area contributed by atoms with E-state index in [4.69, 9.17) is 9.79 Å². The van der Waals surface area contributed by atoms with Gasteiger partial charge in [-0.3, -0.25) is 14.1 Å². The zero-order valence-electron chi connectivity index (χ0n) is 15.8. The molecule has 0 saturated carbocycles. The van der Waals surface area contributed by atoms with E-state index in [1.165, 1.54) is 19.3 Å². The van der Waals surface area contributed by atoms with Crippen LogP contribution in [0, 0.1) is 0 Å². The highest BCUT2D eigenvalue weighted by Gasteiger charge is 2.12. The molecule has 0 aromatic heterocycles. The molecule has 0 bridgehead atoms. The standard InChI is InChI=1S/C20H31O6P/c21-17-18-12-14-19(15-13-18)20(22)11-9-7-5-3-1-2-4-6-8-10-16-26-27(23,24)25/h12-15,17H,1-11,16H2,(H2,23,24,25). The first-order valence-electron chi connectivity index (χ1n) is 9.71. The van der Waals surface area contributed by atoms with Crippen LogP contribution in [0.1, 0.15) is 91.3 Å². The highest BCUT2D eigenvalue weighted by atomic mass is 31.2. The summed E-state index contributed by atoms with van der Waals surface area (Å²) in [5.74, 6) is 0.134. The molecule has 7 heteroatoms. The third-order valence-electron chi connectivity index (χ3n) is 4.43. The Morgan fingerprint density at radius 1 is 0.852 bits per heavy atom. The van der Waals surface area contributed by atoms with E-state index in [0.717, 1.165) is 44.8 Å². The van der Waals surface area contributed by atoms with Crippen LogP contribution in [-0.4, -0.2) is 28.5 Å². The van der Waals surface area contributed by atoms with Gasteiger partial charge < -0.3 is 9.79 Å². The molecule has 0 saturated heterocycles. The number of aldehydes is 1. The van der Waals surface area contributed by atoms with Crippen LogP contribution in [0.15, 0.2) is 24.3 Å². The van der Waals surface area contributed by atoms with E-state index in [2.05, 4.69) is 4.52 Å². The van der Waals surface area contributed by atoms with E-state index >= 15 is 0 Å². The van der Waals surface area contributed by atoms with Gasteiger partial charge in [-0.2, -0.15) is 0 Å². The molecule has 27 heavy (non-hydrogen) atoms. The molecule has 0 aliphatic heterocycles. The SMILES string of the molecule is O=Cc1ccc(C(=O)CCCCCCCCCCCCOP(=O)(O)O)cc1. The number of unbranched alkanes of at least 4 members (excludes halogenated alkanes) is 9. The Hall–Kier alpha value is -1.33. The van der Waals surface area contributed by atoms with E-state index in [1.807, 2.05) is 0 Å². The highest BCUT2D eigenvalue weighted by molar-refractivity contribution is 7.46. The van der Waals surface area contributed by atoms with Crippen molar-refractivity contribution in [3.63, 3.8) is 0 Å². The third kappa shape index (κ3) is 12.6. The van der Waals surface area contributed by atoms with Gasteiger partial charge in [-0.25, -0.2) is 4.57 Å². The fraction of sp³-hybridized carbons (Fsp3) is 0.600. The van der Waals surface area contributed by atoms with Crippen LogP contribution < -0.4 is 0 Å². The van der Waals surface area contributed by atoms with Crippen molar-refractivity contribution >= 4 is 19.9 Å². The highest BCUT2D eigenvalue weighted by Crippen LogP contribution is 2.35. The van der Waals surface area contributed by atoms with Crippen LogP contribution in [0.4, 0.5) is 0 Å². The lowest BCUT2D eigenvalue weighted by Gasteiger charge is -2.05. The number of phosphoric ester groups is 1. The summed E-state index contributed by atoms with van der Waals surface area (Å²) in [5, 5.41) is 0. The maximum atomic E-state index is 12.0. The quantitative estimate of drug-likeness (QED) is 0.174. The molecule has 6 nitrogen and oxygen atoms in total. The number of ketones is 1. The Kier molecular flexibility index (Phi) is 12.1. The van der Waals surface area contributed by atoms with Crippen molar-refractivity contribution in [3.05, 3.63) is 35.4 Å². The van der Waals surface area contributed by atoms with E-state index < -0.39 is 7.82 Å². The van der Waals surface area contributed by atoms with E-state index in [-0.39, 0.29) is 12.4 Å². The summed E-state index contributed by atoms with van der Waals surface area (Å²) in [6.45, 7) is 0.115. The number of rotatable bonds is 16. The van der Waals surface area contributed by atoms with Crippen LogP contribution in [0.5, 0.6) is 0 Å². The second kappa shape index (κ2) is 13.8. The molecule has 0 amide bonds. The van der Waals surface area contributed by atoms with Crippen molar-refractivity contribution in [2.24, 2.45) is 0 Å². The molecule has 0 aliphatic rings. The Morgan fingerprint density at radius 3 is 1.81 bits per heavy atom. The predicted octanol–water partition coefficient (Wildman–Crippen LogP) is 5.08. The van der Waals surface area contributed by atoms with Crippen molar-refractivity contribution in [3.8, 4) is 0 Å². The number of hydrogen-bond donors (Lipinski definition) is 2. The van der Waals surface area contributed by atoms with Gasteiger partial charge in [0.1, 0.15) is 6.29 Å². The van der Waals surface area contributed by atoms with Crippen molar-refractivity contribution in [1.29, 1.82) is 0 Å². The molecule has 152 valence electrons. The molecule has 1 aromatic carbocycles. The van der Waals surface area contributed by atoms with Crippen LogP contribution in [0.3, 0.4) is 0 Å². The van der Waals surface area contributed by atoms with Crippen LogP contribution >= 0.6 is 7.82 Å². The lowest BCUT2D eigenvalue weighted by Crippen LogP contribution is -1.99. The molecule has 2 N–H and O–H groups in total. The fourth-order valence-electron chi connectivity index (χ4n) is 2.88. The Bertz CT molecular complexity index is 593. The molecular formula is C20H31O6P. The van der Waals surface area contributed by atoms with Crippen molar-refractivity contribution in [2.45, 2.75) is 70.6 Å². The molecule has 0 fully saturated rings. The van der Waals surface area contributed by atoms with Crippen molar-refractivity contribution in [2.75, 3.05) is 6.61 Å². The minimum atomic E-state index is -4.31. The molecule has 1 aromatic rings. The van der Waals surface area contributed by atoms with Gasteiger partial charge in [0.25, 0.3) is 0 Å². The van der Waals surface area contributed by atoms with Gasteiger partial charge in [-0.1, -0.05) is 75.6 Å². The summed E-state index contributed by atoms with van der Waals surface area (Å²) < 4.78 is 14.9. The minimum absolute atomic E-state index is 0.115. The smallest absolute Gasteiger partial charge is 0.303 e. The number of carbonyl (C=O) groups is 2. The van der Waals surface area contributed by atoms with E-state index in [1.54, 1.807) is 24.3 Å². The number of Topliss-reactive ketones (excluding diaryl/α,β-unsaturated/α-hetero) is 1. The van der Waals surface area contributed by atoms with Crippen molar-refractivity contribution < 1.29 is 28.5 Å². The Labute approximate surface area is 161 Å². The molecule has 0 radical (unpaired) electrons. The number of phosphoric acid groups is 1. The lowest BCUT2D eigenvalue weighted by molar-refractivity contribution is 0.0978. The Morgan fingerprint density at radius 2 is 1.33 bits per heavy atom. The van der Waals surface area contributed by atoms with Gasteiger partial charge in [0, 0.05) is 17.5 Å². The average Bonchev–Trinajstić information content (AvgIpc) is 2.64. The second-order valence-electron chi connectivity index (χ2n) is 6.77. The summed E-state index contributed by atoms with van der Waals surface area (Å²) in [6, 6.07) is 6.77. The first kappa shape index (κ1) is 23.7. The van der Waals surface area contributed by atoms with Crippen LogP contribution in [0.25, 0.3) is 0 Å². The van der Waals surface area contributed by atoms with Gasteiger partial charge >= 0.3 is 7.82 Å². The third-order valence-corrected chi connectivity index (χ3v) is 4.95. The predicted molar refractivity (Wildman–Crippen MR) is 105 cm³/mol. The summed E-state index contributed by atoms with van der Waals surface area (Å²) >= 11 is 0. The van der Waals surface area contributed by atoms with Gasteiger partial charge in [0.15, 0.2) is 5.78 Å². The molecule has 0 unspecified atom stereocenters. The average molecular weight is 398 g/mol. The number of carbonyl (C=O) groups excluding carboxylic acids is 2. The van der Waals surface area contributed by atoms with E-state index in [0.29, 0.717) is 24.0 Å². The van der Waals surface area contributed by atoms with Crippen LogP contribution in [0.2, 0.25) is 0 Å². The zero-order valence-corrected chi connectivity index (χ0v) is 16.7. The molecule has 0 heterocycles. The van der Waals surface area contributed by atoms with Crippen molar-refractivity contribution in [1.82, 2.24) is 0 Å². The van der Waals surface area contributed by atoms with Gasteiger partial charge in [-0.05, 0) is 12.8 Å². The minimum Gasteiger partial charge on any atom is -0.303 e. The number of hydrogen-bond acceptors (Lipinski definition) is 4. The first-order valence-corrected chi connectivity index (χ1v) is 11.2. The molecule has 0 spiro atoms. The fourth-order valence-corrected chi connectivity index (χ4v) is 3.24. The summed E-state index contributed by atoms with van der Waals surface area (Å²) in [4.78, 5) is 39.7. The normalized spacial score (nSPS) is 11.5. The summed E-state index contributed by atoms with van der Waals surface area (Å²) in [5.41, 5.74) is 1.26. The topological polar surface area (TPSA) is 101 Å². The molecule has 0 aliphatic carbocycles. The summed E-state index contributed by atoms with van der Waals surface area (Å²) in [6.07, 6.45) is 11.7. The number of benzene rings is 1. The molecular weight excluding hydrogens is 367 g/mol. The van der Waals surface area contributed by atoms with Crippen LogP contribution in [-0.2, 0) is 9.09 Å². The van der Waals surface area contributed by atoms with Gasteiger partial charge in [0.2, 0.25) is 0 Å².